The van der Waals surface area contributed by atoms with Crippen molar-refractivity contribution in [3.05, 3.63) is 0 Å². The van der Waals surface area contributed by atoms with Crippen LogP contribution in [0.4, 0.5) is 0 Å². The van der Waals surface area contributed by atoms with Gasteiger partial charge in [-0.1, -0.05) is 19.8 Å². The van der Waals surface area contributed by atoms with Gasteiger partial charge in [0.25, 0.3) is 0 Å². The maximum absolute atomic E-state index is 3.90. The second-order valence-corrected chi connectivity index (χ2v) is 6.69. The third-order valence-electron chi connectivity index (χ3n) is 5.32. The molecule has 0 aromatic carbocycles. The van der Waals surface area contributed by atoms with Gasteiger partial charge in [-0.15, -0.1) is 0 Å². The predicted molar refractivity (Wildman–Crippen MR) is 72.1 cm³/mol. The lowest BCUT2D eigenvalue weighted by Gasteiger charge is -2.29. The Balaban J connectivity index is 1.44. The van der Waals surface area contributed by atoms with Crippen molar-refractivity contribution in [1.82, 2.24) is 10.2 Å². The molecule has 0 aromatic heterocycles. The Morgan fingerprint density at radius 1 is 1.06 bits per heavy atom. The molecule has 4 atom stereocenters. The molecule has 2 saturated heterocycles. The van der Waals surface area contributed by atoms with Crippen molar-refractivity contribution in [2.45, 2.75) is 64.0 Å². The molecule has 4 unspecified atom stereocenters. The Morgan fingerprint density at radius 3 is 2.88 bits per heavy atom. The van der Waals surface area contributed by atoms with E-state index in [1.807, 2.05) is 0 Å². The Hall–Kier alpha value is -0.0800. The zero-order valence-electron chi connectivity index (χ0n) is 11.3. The van der Waals surface area contributed by atoms with Crippen LogP contribution in [0.1, 0.15) is 51.9 Å². The molecule has 98 valence electrons. The summed E-state index contributed by atoms with van der Waals surface area (Å²) in [6, 6.07) is 1.70. The van der Waals surface area contributed by atoms with Gasteiger partial charge in [0.1, 0.15) is 0 Å². The minimum atomic E-state index is 0.815. The van der Waals surface area contributed by atoms with Crippen LogP contribution in [-0.2, 0) is 0 Å². The van der Waals surface area contributed by atoms with E-state index >= 15 is 0 Å². The summed E-state index contributed by atoms with van der Waals surface area (Å²) in [5, 5.41) is 3.90. The molecular formula is C15H28N2. The summed E-state index contributed by atoms with van der Waals surface area (Å²) in [5.74, 6) is 1.94. The zero-order valence-corrected chi connectivity index (χ0v) is 11.3. The van der Waals surface area contributed by atoms with Crippen molar-refractivity contribution in [3.8, 4) is 0 Å². The van der Waals surface area contributed by atoms with E-state index in [0.29, 0.717) is 0 Å². The van der Waals surface area contributed by atoms with Gasteiger partial charge in [0.15, 0.2) is 0 Å². The first-order valence-corrected chi connectivity index (χ1v) is 7.80. The Bertz CT molecular complexity index is 253. The summed E-state index contributed by atoms with van der Waals surface area (Å²) in [6.07, 6.45) is 10.1. The second kappa shape index (κ2) is 5.27. The van der Waals surface area contributed by atoms with Crippen molar-refractivity contribution in [3.63, 3.8) is 0 Å². The molecule has 3 fully saturated rings. The van der Waals surface area contributed by atoms with E-state index in [2.05, 4.69) is 17.1 Å². The highest BCUT2D eigenvalue weighted by molar-refractivity contribution is 4.95. The number of nitrogens with one attached hydrogen (secondary N) is 1. The smallest absolute Gasteiger partial charge is 0.0250 e. The molecule has 2 aliphatic heterocycles. The summed E-state index contributed by atoms with van der Waals surface area (Å²) in [5.41, 5.74) is 0. The highest BCUT2D eigenvalue weighted by Crippen LogP contribution is 2.30. The number of hydrogen-bond acceptors (Lipinski definition) is 2. The van der Waals surface area contributed by atoms with E-state index < -0.39 is 0 Å². The van der Waals surface area contributed by atoms with Crippen LogP contribution >= 0.6 is 0 Å². The molecule has 1 aliphatic carbocycles. The molecule has 0 amide bonds. The van der Waals surface area contributed by atoms with Gasteiger partial charge in [-0.3, -0.25) is 4.90 Å². The molecule has 0 spiro atoms. The van der Waals surface area contributed by atoms with Gasteiger partial charge in [0, 0.05) is 18.6 Å². The molecule has 0 radical (unpaired) electrons. The Kier molecular flexibility index (Phi) is 3.72. The first-order chi connectivity index (χ1) is 8.33. The molecule has 17 heavy (non-hydrogen) atoms. The molecule has 2 heterocycles. The summed E-state index contributed by atoms with van der Waals surface area (Å²) in [7, 11) is 0. The lowest BCUT2D eigenvalue weighted by molar-refractivity contribution is 0.251. The Labute approximate surface area is 106 Å². The summed E-state index contributed by atoms with van der Waals surface area (Å²) >= 11 is 0. The highest BCUT2D eigenvalue weighted by Gasteiger charge is 2.36. The van der Waals surface area contributed by atoms with E-state index in [0.717, 1.165) is 23.9 Å². The van der Waals surface area contributed by atoms with Crippen LogP contribution < -0.4 is 5.32 Å². The van der Waals surface area contributed by atoms with E-state index in [-0.39, 0.29) is 0 Å². The van der Waals surface area contributed by atoms with E-state index in [1.165, 1.54) is 64.6 Å². The Morgan fingerprint density at radius 2 is 2.00 bits per heavy atom. The monoisotopic (exact) mass is 236 g/mol. The maximum Gasteiger partial charge on any atom is 0.0250 e. The van der Waals surface area contributed by atoms with E-state index in [1.54, 1.807) is 0 Å². The SMILES string of the molecule is CC1CCCC(CNC2CCN3CCCC23)C1. The van der Waals surface area contributed by atoms with Gasteiger partial charge < -0.3 is 5.32 Å². The molecule has 3 rings (SSSR count). The second-order valence-electron chi connectivity index (χ2n) is 6.69. The molecule has 2 heteroatoms. The normalized spacial score (nSPS) is 42.9. The fraction of sp³-hybridized carbons (Fsp3) is 1.00. The molecule has 3 aliphatic rings. The minimum Gasteiger partial charge on any atom is -0.312 e. The third kappa shape index (κ3) is 2.68. The fourth-order valence-corrected chi connectivity index (χ4v) is 4.38. The van der Waals surface area contributed by atoms with E-state index in [4.69, 9.17) is 0 Å². The van der Waals surface area contributed by atoms with Crippen LogP contribution in [0.3, 0.4) is 0 Å². The van der Waals surface area contributed by atoms with Crippen molar-refractivity contribution in [2.75, 3.05) is 19.6 Å². The lowest BCUT2D eigenvalue weighted by Crippen LogP contribution is -2.41. The van der Waals surface area contributed by atoms with Gasteiger partial charge in [-0.25, -0.2) is 0 Å². The van der Waals surface area contributed by atoms with Gasteiger partial charge in [0.05, 0.1) is 0 Å². The molecule has 1 N–H and O–H groups in total. The molecule has 0 bridgehead atoms. The van der Waals surface area contributed by atoms with Gasteiger partial charge in [0.2, 0.25) is 0 Å². The number of hydrogen-bond donors (Lipinski definition) is 1. The minimum absolute atomic E-state index is 0.815. The molecule has 1 saturated carbocycles. The fourth-order valence-electron chi connectivity index (χ4n) is 4.38. The van der Waals surface area contributed by atoms with Gasteiger partial charge >= 0.3 is 0 Å². The largest absolute Gasteiger partial charge is 0.312 e. The van der Waals surface area contributed by atoms with Crippen LogP contribution in [0, 0.1) is 11.8 Å². The van der Waals surface area contributed by atoms with Crippen molar-refractivity contribution in [2.24, 2.45) is 11.8 Å². The number of fused-ring (bicyclic) bond motifs is 1. The maximum atomic E-state index is 3.90. The molecule has 2 nitrogen and oxygen atoms in total. The van der Waals surface area contributed by atoms with E-state index in [9.17, 15) is 0 Å². The highest BCUT2D eigenvalue weighted by atomic mass is 15.2. The average Bonchev–Trinajstić information content (AvgIpc) is 2.89. The third-order valence-corrected chi connectivity index (χ3v) is 5.32. The first-order valence-electron chi connectivity index (χ1n) is 7.80. The summed E-state index contributed by atoms with van der Waals surface area (Å²) in [4.78, 5) is 2.71. The quantitative estimate of drug-likeness (QED) is 0.810. The van der Waals surface area contributed by atoms with Crippen LogP contribution in [0.15, 0.2) is 0 Å². The first kappa shape index (κ1) is 12.0. The van der Waals surface area contributed by atoms with Gasteiger partial charge in [-0.2, -0.15) is 0 Å². The van der Waals surface area contributed by atoms with Crippen molar-refractivity contribution >= 4 is 0 Å². The van der Waals surface area contributed by atoms with Crippen LogP contribution in [0.25, 0.3) is 0 Å². The zero-order chi connectivity index (χ0) is 11.7. The summed E-state index contributed by atoms with van der Waals surface area (Å²) in [6.45, 7) is 6.44. The van der Waals surface area contributed by atoms with Crippen LogP contribution in [-0.4, -0.2) is 36.6 Å². The predicted octanol–water partition coefficient (Wildman–Crippen LogP) is 2.64. The number of nitrogens with zero attached hydrogens (tertiary/aromatic N) is 1. The lowest BCUT2D eigenvalue weighted by atomic mass is 9.82. The van der Waals surface area contributed by atoms with Gasteiger partial charge in [-0.05, 0) is 57.0 Å². The van der Waals surface area contributed by atoms with Crippen molar-refractivity contribution < 1.29 is 0 Å². The van der Waals surface area contributed by atoms with Crippen LogP contribution in [0.5, 0.6) is 0 Å². The topological polar surface area (TPSA) is 15.3 Å². The standard InChI is InChI=1S/C15H28N2/c1-12-4-2-5-13(10-12)11-16-14-7-9-17-8-3-6-15(14)17/h12-16H,2-11H2,1H3. The average molecular weight is 236 g/mol. The molecular weight excluding hydrogens is 208 g/mol. The number of rotatable bonds is 3. The van der Waals surface area contributed by atoms with Crippen molar-refractivity contribution in [1.29, 1.82) is 0 Å². The molecule has 0 aromatic rings. The van der Waals surface area contributed by atoms with Crippen LogP contribution in [0.2, 0.25) is 0 Å². The summed E-state index contributed by atoms with van der Waals surface area (Å²) < 4.78 is 0.